The summed E-state index contributed by atoms with van der Waals surface area (Å²) in [6.07, 6.45) is 5.08. The summed E-state index contributed by atoms with van der Waals surface area (Å²) in [5.41, 5.74) is 4.03. The highest BCUT2D eigenvalue weighted by Crippen LogP contribution is 2.27. The van der Waals surface area contributed by atoms with Crippen LogP contribution in [-0.2, 0) is 4.79 Å². The molecule has 0 saturated heterocycles. The monoisotopic (exact) mass is 375 g/mol. The summed E-state index contributed by atoms with van der Waals surface area (Å²) in [6.45, 7) is 5.05. The Morgan fingerprint density at radius 2 is 1.96 bits per heavy atom. The molecule has 0 unspecified atom stereocenters. The van der Waals surface area contributed by atoms with Crippen molar-refractivity contribution in [3.05, 3.63) is 54.0 Å². The lowest BCUT2D eigenvalue weighted by molar-refractivity contribution is -0.130. The highest BCUT2D eigenvalue weighted by molar-refractivity contribution is 5.77. The van der Waals surface area contributed by atoms with Crippen LogP contribution in [0.2, 0.25) is 0 Å². The lowest BCUT2D eigenvalue weighted by Gasteiger charge is -2.26. The van der Waals surface area contributed by atoms with Crippen LogP contribution in [0, 0.1) is 6.92 Å². The van der Waals surface area contributed by atoms with Crippen molar-refractivity contribution in [1.82, 2.24) is 25.1 Å². The average molecular weight is 375 g/mol. The van der Waals surface area contributed by atoms with Crippen LogP contribution in [0.4, 0.5) is 0 Å². The molecule has 1 aliphatic heterocycles. The molecule has 1 amide bonds. The Bertz CT molecular complexity index is 1030. The molecular weight excluding hydrogens is 354 g/mol. The van der Waals surface area contributed by atoms with E-state index >= 15 is 0 Å². The fraction of sp³-hybridized carbons (Fsp3) is 0.286. The largest absolute Gasteiger partial charge is 0.415 e. The second-order valence-corrected chi connectivity index (χ2v) is 6.64. The summed E-state index contributed by atoms with van der Waals surface area (Å²) < 4.78 is 5.84. The van der Waals surface area contributed by atoms with Gasteiger partial charge >= 0.3 is 0 Å². The molecule has 0 atom stereocenters. The normalized spacial score (nSPS) is 14.1. The number of aromatic nitrogens is 4. The molecular formula is C21H21N5O2. The highest BCUT2D eigenvalue weighted by Gasteiger charge is 2.20. The zero-order chi connectivity index (χ0) is 19.5. The van der Waals surface area contributed by atoms with Crippen molar-refractivity contribution < 1.29 is 9.21 Å². The molecule has 3 heterocycles. The predicted molar refractivity (Wildman–Crippen MR) is 105 cm³/mol. The van der Waals surface area contributed by atoms with Crippen LogP contribution in [-0.4, -0.2) is 44.1 Å². The number of nitrogens with zero attached hydrogens (tertiary/aromatic N) is 5. The summed E-state index contributed by atoms with van der Waals surface area (Å²) in [5, 5.41) is 8.31. The lowest BCUT2D eigenvalue weighted by atomic mass is 10.0. The molecule has 0 fully saturated rings. The fourth-order valence-electron chi connectivity index (χ4n) is 3.17. The quantitative estimate of drug-likeness (QED) is 0.693. The minimum absolute atomic E-state index is 0.172. The van der Waals surface area contributed by atoms with E-state index in [0.717, 1.165) is 28.9 Å². The third kappa shape index (κ3) is 3.55. The zero-order valence-electron chi connectivity index (χ0n) is 15.9. The number of hydrogen-bond donors (Lipinski definition) is 0. The van der Waals surface area contributed by atoms with Gasteiger partial charge in [0, 0.05) is 25.1 Å². The van der Waals surface area contributed by atoms with Gasteiger partial charge in [0.15, 0.2) is 0 Å². The topological polar surface area (TPSA) is 85.0 Å². The highest BCUT2D eigenvalue weighted by atomic mass is 16.4. The number of hydrogen-bond acceptors (Lipinski definition) is 6. The number of carbonyl (C=O) groups is 1. The molecule has 142 valence electrons. The van der Waals surface area contributed by atoms with Gasteiger partial charge in [-0.25, -0.2) is 4.98 Å². The van der Waals surface area contributed by atoms with E-state index < -0.39 is 0 Å². The molecule has 0 saturated carbocycles. The van der Waals surface area contributed by atoms with Gasteiger partial charge in [0.05, 0.1) is 17.6 Å². The van der Waals surface area contributed by atoms with E-state index in [1.165, 1.54) is 0 Å². The van der Waals surface area contributed by atoms with Gasteiger partial charge in [-0.2, -0.15) is 0 Å². The summed E-state index contributed by atoms with van der Waals surface area (Å²) in [5.74, 6) is 0.975. The van der Waals surface area contributed by atoms with Crippen LogP contribution in [0.5, 0.6) is 0 Å². The Morgan fingerprint density at radius 3 is 2.68 bits per heavy atom. The second kappa shape index (κ2) is 7.72. The first-order chi connectivity index (χ1) is 13.7. The number of aryl methyl sites for hydroxylation is 1. The molecule has 4 rings (SSSR count). The second-order valence-electron chi connectivity index (χ2n) is 6.64. The van der Waals surface area contributed by atoms with E-state index in [0.29, 0.717) is 37.0 Å². The summed E-state index contributed by atoms with van der Waals surface area (Å²) in [7, 11) is 0. The summed E-state index contributed by atoms with van der Waals surface area (Å²) in [4.78, 5) is 22.9. The van der Waals surface area contributed by atoms with Gasteiger partial charge in [-0.05, 0) is 31.1 Å². The molecule has 0 spiro atoms. The van der Waals surface area contributed by atoms with E-state index in [9.17, 15) is 4.79 Å². The first-order valence-electron chi connectivity index (χ1n) is 9.36. The SMILES string of the molecule is CCC(=O)N1CC=C(c2cnc(C)c(-c3nnc(-c4ccccc4)o3)n2)CC1. The molecule has 0 radical (unpaired) electrons. The van der Waals surface area contributed by atoms with Gasteiger partial charge in [-0.1, -0.05) is 31.2 Å². The number of carbonyl (C=O) groups excluding carboxylic acids is 1. The molecule has 0 N–H and O–H groups in total. The molecule has 0 bridgehead atoms. The third-order valence-electron chi connectivity index (χ3n) is 4.80. The molecule has 2 aromatic heterocycles. The van der Waals surface area contributed by atoms with Crippen molar-refractivity contribution in [3.8, 4) is 23.0 Å². The number of amides is 1. The van der Waals surface area contributed by atoms with Crippen LogP contribution < -0.4 is 0 Å². The Hall–Kier alpha value is -3.35. The van der Waals surface area contributed by atoms with Crippen LogP contribution >= 0.6 is 0 Å². The van der Waals surface area contributed by atoms with Crippen molar-refractivity contribution in [1.29, 1.82) is 0 Å². The molecule has 7 nitrogen and oxygen atoms in total. The van der Waals surface area contributed by atoms with E-state index in [2.05, 4.69) is 15.2 Å². The first-order valence-corrected chi connectivity index (χ1v) is 9.36. The Morgan fingerprint density at radius 1 is 1.18 bits per heavy atom. The maximum Gasteiger partial charge on any atom is 0.268 e. The third-order valence-corrected chi connectivity index (χ3v) is 4.80. The molecule has 0 aliphatic carbocycles. The average Bonchev–Trinajstić information content (AvgIpc) is 3.24. The molecule has 3 aromatic rings. The van der Waals surface area contributed by atoms with E-state index in [1.54, 1.807) is 6.20 Å². The summed E-state index contributed by atoms with van der Waals surface area (Å²) >= 11 is 0. The summed E-state index contributed by atoms with van der Waals surface area (Å²) in [6, 6.07) is 9.62. The lowest BCUT2D eigenvalue weighted by Crippen LogP contribution is -2.34. The maximum absolute atomic E-state index is 11.9. The number of benzene rings is 1. The van der Waals surface area contributed by atoms with Crippen molar-refractivity contribution in [2.75, 3.05) is 13.1 Å². The van der Waals surface area contributed by atoms with Crippen LogP contribution in [0.25, 0.3) is 28.6 Å². The number of rotatable bonds is 4. The Kier molecular flexibility index (Phi) is 4.97. The van der Waals surface area contributed by atoms with E-state index in [-0.39, 0.29) is 5.91 Å². The first kappa shape index (κ1) is 18.0. The Labute approximate surface area is 163 Å². The van der Waals surface area contributed by atoms with Crippen LogP contribution in [0.3, 0.4) is 0 Å². The van der Waals surface area contributed by atoms with Crippen molar-refractivity contribution >= 4 is 11.5 Å². The van der Waals surface area contributed by atoms with Gasteiger partial charge in [0.2, 0.25) is 11.8 Å². The maximum atomic E-state index is 11.9. The van der Waals surface area contributed by atoms with Gasteiger partial charge in [0.1, 0.15) is 5.69 Å². The molecule has 1 aliphatic rings. The Balaban J connectivity index is 1.61. The van der Waals surface area contributed by atoms with Crippen molar-refractivity contribution in [3.63, 3.8) is 0 Å². The smallest absolute Gasteiger partial charge is 0.268 e. The van der Waals surface area contributed by atoms with Gasteiger partial charge in [-0.3, -0.25) is 9.78 Å². The standard InChI is InChI=1S/C21H21N5O2/c1-3-18(27)26-11-9-15(10-12-26)17-13-22-14(2)19(23-17)21-25-24-20(28-21)16-7-5-4-6-8-16/h4-9,13H,3,10-12H2,1-2H3. The molecule has 28 heavy (non-hydrogen) atoms. The fourth-order valence-corrected chi connectivity index (χ4v) is 3.17. The minimum Gasteiger partial charge on any atom is -0.415 e. The van der Waals surface area contributed by atoms with Gasteiger partial charge in [0.25, 0.3) is 5.89 Å². The molecule has 7 heteroatoms. The minimum atomic E-state index is 0.172. The molecule has 1 aromatic carbocycles. The van der Waals surface area contributed by atoms with Crippen LogP contribution in [0.1, 0.15) is 31.2 Å². The predicted octanol–water partition coefficient (Wildman–Crippen LogP) is 3.53. The van der Waals surface area contributed by atoms with E-state index in [1.807, 2.05) is 55.2 Å². The van der Waals surface area contributed by atoms with E-state index in [4.69, 9.17) is 9.40 Å². The van der Waals surface area contributed by atoms with Gasteiger partial charge in [-0.15, -0.1) is 10.2 Å². The van der Waals surface area contributed by atoms with Crippen molar-refractivity contribution in [2.24, 2.45) is 0 Å². The van der Waals surface area contributed by atoms with Gasteiger partial charge < -0.3 is 9.32 Å². The zero-order valence-corrected chi connectivity index (χ0v) is 15.9. The van der Waals surface area contributed by atoms with Crippen molar-refractivity contribution in [2.45, 2.75) is 26.7 Å². The van der Waals surface area contributed by atoms with Crippen LogP contribution in [0.15, 0.2) is 47.0 Å².